The number of anilines is 1. The largest absolute Gasteiger partial charge is 0.369 e. The van der Waals surface area contributed by atoms with E-state index < -0.39 is 0 Å². The summed E-state index contributed by atoms with van der Waals surface area (Å²) in [5, 5.41) is 4.52. The lowest BCUT2D eigenvalue weighted by Gasteiger charge is -2.20. The Morgan fingerprint density at radius 1 is 1.29 bits per heavy atom. The molecule has 6 heteroatoms. The highest BCUT2D eigenvalue weighted by molar-refractivity contribution is 5.77. The maximum atomic E-state index is 6.08. The van der Waals surface area contributed by atoms with E-state index in [0.717, 1.165) is 49.3 Å². The predicted octanol–water partition coefficient (Wildman–Crippen LogP) is 2.26. The average Bonchev–Trinajstić information content (AvgIpc) is 2.92. The number of nitrogens with two attached hydrogens (primary N) is 1. The number of rotatable bonds is 7. The van der Waals surface area contributed by atoms with Crippen LogP contribution in [-0.4, -0.2) is 43.9 Å². The second-order valence-electron chi connectivity index (χ2n) is 5.98. The van der Waals surface area contributed by atoms with Gasteiger partial charge in [-0.3, -0.25) is 4.57 Å². The van der Waals surface area contributed by atoms with Crippen LogP contribution in [-0.2, 0) is 13.1 Å². The van der Waals surface area contributed by atoms with Crippen LogP contribution in [0.15, 0.2) is 0 Å². The molecule has 0 saturated carbocycles. The topological polar surface area (TPSA) is 64.9 Å². The molecule has 0 aliphatic carbocycles. The van der Waals surface area contributed by atoms with Gasteiger partial charge in [0.1, 0.15) is 5.52 Å². The van der Waals surface area contributed by atoms with Crippen molar-refractivity contribution in [1.29, 1.82) is 0 Å². The normalized spacial score (nSPS) is 12.1. The molecule has 118 valence electrons. The quantitative estimate of drug-likeness (QED) is 0.795. The molecule has 21 heavy (non-hydrogen) atoms. The summed E-state index contributed by atoms with van der Waals surface area (Å²) in [5.74, 6) is 0.602. The van der Waals surface area contributed by atoms with Gasteiger partial charge in [-0.2, -0.15) is 5.10 Å². The maximum Gasteiger partial charge on any atom is 0.202 e. The molecule has 0 saturated heterocycles. The zero-order chi connectivity index (χ0) is 15.6. The summed E-state index contributed by atoms with van der Waals surface area (Å²) >= 11 is 0. The Kier molecular flexibility index (Phi) is 4.88. The second-order valence-corrected chi connectivity index (χ2v) is 5.98. The van der Waals surface area contributed by atoms with Crippen molar-refractivity contribution in [3.8, 4) is 0 Å². The highest BCUT2D eigenvalue weighted by Gasteiger charge is 2.16. The highest BCUT2D eigenvalue weighted by atomic mass is 15.4. The molecule has 0 unspecified atom stereocenters. The molecule has 2 heterocycles. The molecule has 0 amide bonds. The van der Waals surface area contributed by atoms with E-state index in [1.54, 1.807) is 0 Å². The average molecular weight is 292 g/mol. The molecule has 0 atom stereocenters. The first-order valence-corrected chi connectivity index (χ1v) is 7.85. The van der Waals surface area contributed by atoms with E-state index in [0.29, 0.717) is 12.0 Å². The first-order valence-electron chi connectivity index (χ1n) is 7.85. The van der Waals surface area contributed by atoms with E-state index in [-0.39, 0.29) is 0 Å². The van der Waals surface area contributed by atoms with Gasteiger partial charge in [-0.1, -0.05) is 0 Å². The summed E-state index contributed by atoms with van der Waals surface area (Å²) < 4.78 is 4.10. The summed E-state index contributed by atoms with van der Waals surface area (Å²) in [7, 11) is 2.17. The molecule has 2 aromatic heterocycles. The van der Waals surface area contributed by atoms with Crippen molar-refractivity contribution in [2.75, 3.05) is 19.3 Å². The first-order chi connectivity index (χ1) is 9.95. The number of nitrogens with zero attached hydrogens (tertiary/aromatic N) is 5. The van der Waals surface area contributed by atoms with Gasteiger partial charge in [-0.15, -0.1) is 0 Å². The van der Waals surface area contributed by atoms with E-state index in [2.05, 4.69) is 47.4 Å². The van der Waals surface area contributed by atoms with Crippen LogP contribution in [0.4, 0.5) is 5.95 Å². The number of hydrogen-bond donors (Lipinski definition) is 1. The Labute approximate surface area is 126 Å². The smallest absolute Gasteiger partial charge is 0.202 e. The monoisotopic (exact) mass is 292 g/mol. The number of imidazole rings is 1. The molecule has 0 fully saturated rings. The van der Waals surface area contributed by atoms with Crippen LogP contribution in [0.2, 0.25) is 0 Å². The fourth-order valence-corrected chi connectivity index (χ4v) is 2.57. The fraction of sp³-hybridized carbons (Fsp3) is 0.733. The van der Waals surface area contributed by atoms with Crippen LogP contribution >= 0.6 is 0 Å². The number of fused-ring (bicyclic) bond motifs is 1. The summed E-state index contributed by atoms with van der Waals surface area (Å²) in [6.07, 6.45) is 2.26. The van der Waals surface area contributed by atoms with Crippen molar-refractivity contribution in [1.82, 2.24) is 24.2 Å². The zero-order valence-corrected chi connectivity index (χ0v) is 13.9. The van der Waals surface area contributed by atoms with E-state index in [4.69, 9.17) is 5.73 Å². The third kappa shape index (κ3) is 3.20. The van der Waals surface area contributed by atoms with E-state index >= 15 is 0 Å². The molecule has 0 aliphatic rings. The van der Waals surface area contributed by atoms with Gasteiger partial charge in [-0.25, -0.2) is 9.67 Å². The summed E-state index contributed by atoms with van der Waals surface area (Å²) in [6.45, 7) is 11.4. The minimum Gasteiger partial charge on any atom is -0.369 e. The molecular weight excluding hydrogens is 264 g/mol. The number of aromatic nitrogens is 4. The SMILES string of the molecule is CCn1nc(C)c2nc(N)n(CCCCN(C)C(C)C)c21. The Morgan fingerprint density at radius 3 is 2.62 bits per heavy atom. The zero-order valence-electron chi connectivity index (χ0n) is 13.9. The molecule has 0 spiro atoms. The second kappa shape index (κ2) is 6.47. The predicted molar refractivity (Wildman–Crippen MR) is 87.3 cm³/mol. The highest BCUT2D eigenvalue weighted by Crippen LogP contribution is 2.21. The van der Waals surface area contributed by atoms with Crippen molar-refractivity contribution in [2.24, 2.45) is 0 Å². The van der Waals surface area contributed by atoms with Gasteiger partial charge in [0.25, 0.3) is 0 Å². The lowest BCUT2D eigenvalue weighted by atomic mass is 10.2. The molecule has 6 nitrogen and oxygen atoms in total. The molecule has 0 bridgehead atoms. The van der Waals surface area contributed by atoms with Gasteiger partial charge in [-0.05, 0) is 54.1 Å². The van der Waals surface area contributed by atoms with E-state index in [1.807, 2.05) is 11.6 Å². The van der Waals surface area contributed by atoms with Crippen molar-refractivity contribution in [3.05, 3.63) is 5.69 Å². The van der Waals surface area contributed by atoms with Gasteiger partial charge in [0.15, 0.2) is 5.65 Å². The third-order valence-corrected chi connectivity index (χ3v) is 4.15. The Bertz CT molecular complexity index is 595. The standard InChI is InChI=1S/C15H28N6/c1-6-21-14-13(12(4)18-21)17-15(16)20(14)10-8-7-9-19(5)11(2)3/h11H,6-10H2,1-5H3,(H2,16,17). The summed E-state index contributed by atoms with van der Waals surface area (Å²) in [6, 6.07) is 0.596. The molecule has 2 N–H and O–H groups in total. The minimum absolute atomic E-state index is 0.596. The molecule has 2 rings (SSSR count). The molecule has 0 radical (unpaired) electrons. The van der Waals surface area contributed by atoms with Crippen LogP contribution in [0.1, 0.15) is 39.3 Å². The fourth-order valence-electron chi connectivity index (χ4n) is 2.57. The molecule has 0 aliphatic heterocycles. The van der Waals surface area contributed by atoms with E-state index in [1.165, 1.54) is 0 Å². The van der Waals surface area contributed by atoms with Crippen LogP contribution in [0.3, 0.4) is 0 Å². The lowest BCUT2D eigenvalue weighted by Crippen LogP contribution is -2.27. The molecular formula is C15H28N6. The van der Waals surface area contributed by atoms with Crippen LogP contribution in [0, 0.1) is 6.92 Å². The lowest BCUT2D eigenvalue weighted by molar-refractivity contribution is 0.266. The number of nitrogen functional groups attached to an aromatic ring is 1. The van der Waals surface area contributed by atoms with Gasteiger partial charge in [0, 0.05) is 19.1 Å². The van der Waals surface area contributed by atoms with Crippen LogP contribution < -0.4 is 5.73 Å². The number of hydrogen-bond acceptors (Lipinski definition) is 4. The number of aryl methyl sites for hydroxylation is 3. The van der Waals surface area contributed by atoms with Gasteiger partial charge in [0.05, 0.1) is 5.69 Å². The Balaban J connectivity index is 2.06. The van der Waals surface area contributed by atoms with Crippen LogP contribution in [0.5, 0.6) is 0 Å². The molecule has 2 aromatic rings. The summed E-state index contributed by atoms with van der Waals surface area (Å²) in [4.78, 5) is 6.84. The van der Waals surface area contributed by atoms with Crippen molar-refractivity contribution in [2.45, 2.75) is 59.7 Å². The van der Waals surface area contributed by atoms with E-state index in [9.17, 15) is 0 Å². The van der Waals surface area contributed by atoms with Gasteiger partial charge >= 0.3 is 0 Å². The minimum atomic E-state index is 0.596. The molecule has 0 aromatic carbocycles. The Morgan fingerprint density at radius 2 is 2.00 bits per heavy atom. The van der Waals surface area contributed by atoms with Crippen molar-refractivity contribution in [3.63, 3.8) is 0 Å². The third-order valence-electron chi connectivity index (χ3n) is 4.15. The van der Waals surface area contributed by atoms with Crippen molar-refractivity contribution < 1.29 is 0 Å². The van der Waals surface area contributed by atoms with Gasteiger partial charge in [0.2, 0.25) is 5.95 Å². The number of unbranched alkanes of at least 4 members (excludes halogenated alkanes) is 1. The van der Waals surface area contributed by atoms with Gasteiger partial charge < -0.3 is 10.6 Å². The van der Waals surface area contributed by atoms with Crippen molar-refractivity contribution >= 4 is 17.1 Å². The summed E-state index contributed by atoms with van der Waals surface area (Å²) in [5.41, 5.74) is 9.03. The maximum absolute atomic E-state index is 6.08. The first kappa shape index (κ1) is 15.8. The van der Waals surface area contributed by atoms with Crippen LogP contribution in [0.25, 0.3) is 11.2 Å². The Hall–Kier alpha value is -1.56.